The summed E-state index contributed by atoms with van der Waals surface area (Å²) in [5.41, 5.74) is 1.30. The summed E-state index contributed by atoms with van der Waals surface area (Å²) in [4.78, 5) is 25.0. The summed E-state index contributed by atoms with van der Waals surface area (Å²) in [6, 6.07) is 3.02. The second-order valence-electron chi connectivity index (χ2n) is 3.04. The lowest BCUT2D eigenvalue weighted by Crippen LogP contribution is -2.36. The third-order valence-electron chi connectivity index (χ3n) is 1.67. The average molecular weight is 317 g/mol. The van der Waals surface area contributed by atoms with Crippen molar-refractivity contribution < 1.29 is 27.6 Å². The Balaban J connectivity index is 2.57. The zero-order valence-electron chi connectivity index (χ0n) is 8.85. The summed E-state index contributed by atoms with van der Waals surface area (Å²) in [5.74, 6) is -2.56. The van der Waals surface area contributed by atoms with Crippen LogP contribution in [0.4, 0.5) is 23.7 Å². The second kappa shape index (κ2) is 5.98. The van der Waals surface area contributed by atoms with Gasteiger partial charge in [-0.1, -0.05) is 29.3 Å². The van der Waals surface area contributed by atoms with Crippen molar-refractivity contribution in [2.45, 2.75) is 6.18 Å². The summed E-state index contributed by atoms with van der Waals surface area (Å²) in [5, 5.41) is 2.17. The van der Waals surface area contributed by atoms with E-state index < -0.39 is 18.2 Å². The molecule has 0 aliphatic carbocycles. The summed E-state index contributed by atoms with van der Waals surface area (Å²) in [6.07, 6.45) is -5.21. The van der Waals surface area contributed by atoms with Crippen LogP contribution in [0.2, 0.25) is 10.0 Å². The molecule has 0 aliphatic rings. The van der Waals surface area contributed by atoms with Gasteiger partial charge in [0.05, 0.1) is 15.7 Å². The van der Waals surface area contributed by atoms with Crippen LogP contribution in [0.3, 0.4) is 0 Å². The first-order valence-corrected chi connectivity index (χ1v) is 5.26. The Morgan fingerprint density at radius 3 is 2.42 bits per heavy atom. The number of carbonyl (C=O) groups is 2. The molecule has 1 aromatic carbocycles. The molecule has 0 fully saturated rings. The molecule has 104 valence electrons. The van der Waals surface area contributed by atoms with Gasteiger partial charge in [0.15, 0.2) is 0 Å². The maximum absolute atomic E-state index is 11.8. The van der Waals surface area contributed by atoms with Crippen LogP contribution in [0.25, 0.3) is 0 Å². The van der Waals surface area contributed by atoms with Crippen LogP contribution in [0.1, 0.15) is 0 Å². The van der Waals surface area contributed by atoms with Gasteiger partial charge < -0.3 is 10.2 Å². The Morgan fingerprint density at radius 2 is 1.84 bits per heavy atom. The van der Waals surface area contributed by atoms with E-state index in [9.17, 15) is 22.8 Å². The van der Waals surface area contributed by atoms with E-state index in [1.54, 1.807) is 0 Å². The molecule has 1 aromatic rings. The maximum Gasteiger partial charge on any atom is 0.493 e. The fourth-order valence-electron chi connectivity index (χ4n) is 0.899. The van der Waals surface area contributed by atoms with Crippen molar-refractivity contribution in [3.05, 3.63) is 28.2 Å². The number of urea groups is 1. The standard InChI is InChI=1S/C9H5Cl2F3N2O3/c10-4-2-1-3-5(6(4)11)15-8(18)16-19-7(17)9(12,13)14/h1-3H,(H2,15,16,18). The van der Waals surface area contributed by atoms with E-state index in [1.165, 1.54) is 23.7 Å². The number of hydrogen-bond donors (Lipinski definition) is 2. The first-order chi connectivity index (χ1) is 8.71. The minimum atomic E-state index is -5.21. The van der Waals surface area contributed by atoms with Crippen LogP contribution >= 0.6 is 23.2 Å². The molecule has 0 saturated heterocycles. The van der Waals surface area contributed by atoms with Gasteiger partial charge in [0.25, 0.3) is 0 Å². The molecule has 0 atom stereocenters. The largest absolute Gasteiger partial charge is 0.493 e. The lowest BCUT2D eigenvalue weighted by atomic mass is 10.3. The predicted octanol–water partition coefficient (Wildman–Crippen LogP) is 3.14. The van der Waals surface area contributed by atoms with Gasteiger partial charge in [-0.3, -0.25) is 0 Å². The van der Waals surface area contributed by atoms with E-state index in [-0.39, 0.29) is 15.7 Å². The average Bonchev–Trinajstić information content (AvgIpc) is 2.30. The number of amides is 2. The molecule has 0 saturated carbocycles. The molecular formula is C9H5Cl2F3N2O3. The fraction of sp³-hybridized carbons (Fsp3) is 0.111. The third-order valence-corrected chi connectivity index (χ3v) is 2.49. The van der Waals surface area contributed by atoms with E-state index >= 15 is 0 Å². The highest BCUT2D eigenvalue weighted by molar-refractivity contribution is 6.43. The van der Waals surface area contributed by atoms with Crippen molar-refractivity contribution >= 4 is 40.9 Å². The molecule has 1 rings (SSSR count). The van der Waals surface area contributed by atoms with Crippen molar-refractivity contribution in [2.24, 2.45) is 0 Å². The van der Waals surface area contributed by atoms with Crippen LogP contribution < -0.4 is 10.8 Å². The molecule has 0 radical (unpaired) electrons. The van der Waals surface area contributed by atoms with Crippen molar-refractivity contribution in [3.63, 3.8) is 0 Å². The van der Waals surface area contributed by atoms with Crippen LogP contribution in [-0.2, 0) is 9.63 Å². The summed E-state index contributed by atoms with van der Waals surface area (Å²) < 4.78 is 35.3. The predicted molar refractivity (Wildman–Crippen MR) is 60.8 cm³/mol. The van der Waals surface area contributed by atoms with E-state index in [1.807, 2.05) is 5.32 Å². The Bertz CT molecular complexity index is 508. The first kappa shape index (κ1) is 15.4. The number of hydrogen-bond acceptors (Lipinski definition) is 3. The van der Waals surface area contributed by atoms with Crippen molar-refractivity contribution in [1.29, 1.82) is 0 Å². The number of anilines is 1. The zero-order valence-corrected chi connectivity index (χ0v) is 10.4. The van der Waals surface area contributed by atoms with E-state index in [4.69, 9.17) is 23.2 Å². The first-order valence-electron chi connectivity index (χ1n) is 4.51. The Hall–Kier alpha value is -1.67. The second-order valence-corrected chi connectivity index (χ2v) is 3.83. The summed E-state index contributed by atoms with van der Waals surface area (Å²) in [7, 11) is 0. The molecular weight excluding hydrogens is 312 g/mol. The third kappa shape index (κ3) is 4.49. The van der Waals surface area contributed by atoms with Crippen LogP contribution in [0.5, 0.6) is 0 Å². The van der Waals surface area contributed by atoms with Crippen LogP contribution in [0.15, 0.2) is 18.2 Å². The molecule has 2 amide bonds. The smallest absolute Gasteiger partial charge is 0.331 e. The van der Waals surface area contributed by atoms with E-state index in [2.05, 4.69) is 4.84 Å². The zero-order chi connectivity index (χ0) is 14.6. The molecule has 10 heteroatoms. The lowest BCUT2D eigenvalue weighted by Gasteiger charge is -2.10. The SMILES string of the molecule is O=C(NOC(=O)C(F)(F)F)Nc1cccc(Cl)c1Cl. The van der Waals surface area contributed by atoms with Gasteiger partial charge >= 0.3 is 18.2 Å². The summed E-state index contributed by atoms with van der Waals surface area (Å²) in [6.45, 7) is 0. The van der Waals surface area contributed by atoms with Gasteiger partial charge in [0.2, 0.25) is 0 Å². The highest BCUT2D eigenvalue weighted by Gasteiger charge is 2.42. The van der Waals surface area contributed by atoms with Gasteiger partial charge in [-0.15, -0.1) is 0 Å². The quantitative estimate of drug-likeness (QED) is 0.782. The highest BCUT2D eigenvalue weighted by atomic mass is 35.5. The normalized spacial score (nSPS) is 10.8. The molecule has 0 unspecified atom stereocenters. The maximum atomic E-state index is 11.8. The van der Waals surface area contributed by atoms with Crippen molar-refractivity contribution in [1.82, 2.24) is 5.48 Å². The van der Waals surface area contributed by atoms with Gasteiger partial charge in [-0.25, -0.2) is 9.59 Å². The molecule has 0 aliphatic heterocycles. The Labute approximate surface area is 114 Å². The number of rotatable bonds is 1. The minimum Gasteiger partial charge on any atom is -0.331 e. The number of halogens is 5. The molecule has 0 heterocycles. The topological polar surface area (TPSA) is 67.4 Å². The monoisotopic (exact) mass is 316 g/mol. The lowest BCUT2D eigenvalue weighted by molar-refractivity contribution is -0.204. The van der Waals surface area contributed by atoms with Gasteiger partial charge in [-0.05, 0) is 12.1 Å². The molecule has 0 bridgehead atoms. The minimum absolute atomic E-state index is 0.0125. The number of benzene rings is 1. The fourth-order valence-corrected chi connectivity index (χ4v) is 1.25. The molecule has 19 heavy (non-hydrogen) atoms. The number of nitrogens with one attached hydrogen (secondary N) is 2. The molecule has 2 N–H and O–H groups in total. The van der Waals surface area contributed by atoms with Gasteiger partial charge in [0, 0.05) is 0 Å². The van der Waals surface area contributed by atoms with Crippen LogP contribution in [-0.4, -0.2) is 18.2 Å². The van der Waals surface area contributed by atoms with Gasteiger partial charge in [0.1, 0.15) is 0 Å². The number of alkyl halides is 3. The molecule has 0 spiro atoms. The van der Waals surface area contributed by atoms with E-state index in [0.717, 1.165) is 0 Å². The number of hydroxylamine groups is 1. The van der Waals surface area contributed by atoms with Crippen molar-refractivity contribution in [3.8, 4) is 0 Å². The van der Waals surface area contributed by atoms with E-state index in [0.29, 0.717) is 0 Å². The molecule has 0 aromatic heterocycles. The van der Waals surface area contributed by atoms with Crippen LogP contribution in [0, 0.1) is 0 Å². The number of carbonyl (C=O) groups excluding carboxylic acids is 2. The summed E-state index contributed by atoms with van der Waals surface area (Å²) >= 11 is 11.4. The highest BCUT2D eigenvalue weighted by Crippen LogP contribution is 2.29. The van der Waals surface area contributed by atoms with Gasteiger partial charge in [-0.2, -0.15) is 18.7 Å². The Kier molecular flexibility index (Phi) is 4.84. The Morgan fingerprint density at radius 1 is 1.21 bits per heavy atom. The molecule has 5 nitrogen and oxygen atoms in total. The van der Waals surface area contributed by atoms with Crippen molar-refractivity contribution in [2.75, 3.05) is 5.32 Å².